The Kier molecular flexibility index (Phi) is 8.99. The summed E-state index contributed by atoms with van der Waals surface area (Å²) in [5, 5.41) is 6.27. The summed E-state index contributed by atoms with van der Waals surface area (Å²) in [6.07, 6.45) is 1.33. The minimum atomic E-state index is -0.966. The normalized spacial score (nSPS) is 10.4. The fraction of sp³-hybridized carbons (Fsp3) is 0.154. The quantitative estimate of drug-likeness (QED) is 0.155. The van der Waals surface area contributed by atoms with Crippen molar-refractivity contribution in [3.05, 3.63) is 77.9 Å². The van der Waals surface area contributed by atoms with Gasteiger partial charge in [0.2, 0.25) is 0 Å². The lowest BCUT2D eigenvalue weighted by Crippen LogP contribution is -2.32. The predicted octanol–water partition coefficient (Wildman–Crippen LogP) is 3.41. The molecular formula is C26H25N3O7. The lowest BCUT2D eigenvalue weighted by atomic mass is 10.2. The summed E-state index contributed by atoms with van der Waals surface area (Å²) in [5.74, 6) is -0.875. The van der Waals surface area contributed by atoms with Gasteiger partial charge in [-0.1, -0.05) is 12.1 Å². The number of esters is 1. The Morgan fingerprint density at radius 3 is 2.31 bits per heavy atom. The molecule has 0 atom stereocenters. The molecule has 2 N–H and O–H groups in total. The van der Waals surface area contributed by atoms with Crippen LogP contribution in [0.4, 0.5) is 5.69 Å². The maximum Gasteiger partial charge on any atom is 0.343 e. The van der Waals surface area contributed by atoms with Crippen molar-refractivity contribution in [2.45, 2.75) is 6.92 Å². The highest BCUT2D eigenvalue weighted by molar-refractivity contribution is 6.39. The molecule has 0 fully saturated rings. The molecule has 0 saturated carbocycles. The van der Waals surface area contributed by atoms with Crippen LogP contribution in [0.2, 0.25) is 0 Å². The number of rotatable bonds is 9. The van der Waals surface area contributed by atoms with E-state index in [-0.39, 0.29) is 5.75 Å². The number of methoxy groups -OCH3 is 2. The lowest BCUT2D eigenvalue weighted by Gasteiger charge is -2.11. The first-order chi connectivity index (χ1) is 17.4. The fourth-order valence-corrected chi connectivity index (χ4v) is 2.99. The summed E-state index contributed by atoms with van der Waals surface area (Å²) >= 11 is 0. The lowest BCUT2D eigenvalue weighted by molar-refractivity contribution is -0.136. The van der Waals surface area contributed by atoms with Crippen molar-refractivity contribution < 1.29 is 33.3 Å². The number of nitrogens with zero attached hydrogens (tertiary/aromatic N) is 1. The molecule has 0 aliphatic heterocycles. The Balaban J connectivity index is 1.64. The van der Waals surface area contributed by atoms with Gasteiger partial charge >= 0.3 is 17.8 Å². The molecule has 0 unspecified atom stereocenters. The summed E-state index contributed by atoms with van der Waals surface area (Å²) < 4.78 is 21.3. The molecule has 3 aromatic carbocycles. The van der Waals surface area contributed by atoms with Crippen LogP contribution in [0.5, 0.6) is 23.0 Å². The number of para-hydroxylation sites is 2. The molecular weight excluding hydrogens is 466 g/mol. The van der Waals surface area contributed by atoms with Crippen LogP contribution < -0.4 is 29.7 Å². The van der Waals surface area contributed by atoms with Crippen LogP contribution in [0.15, 0.2) is 71.8 Å². The smallest absolute Gasteiger partial charge is 0.343 e. The molecule has 186 valence electrons. The SMILES string of the molecule is CCOc1cc(/C=N\NC(=O)C(=O)Nc2ccccc2OC)ccc1OC(=O)c1ccc(OC)cc1. The first-order valence-electron chi connectivity index (χ1n) is 10.9. The van der Waals surface area contributed by atoms with E-state index in [1.807, 2.05) is 0 Å². The van der Waals surface area contributed by atoms with E-state index in [1.54, 1.807) is 73.7 Å². The Bertz CT molecular complexity index is 1260. The number of carbonyl (C=O) groups is 3. The number of ether oxygens (including phenoxy) is 4. The van der Waals surface area contributed by atoms with Gasteiger partial charge in [0.1, 0.15) is 11.5 Å². The monoisotopic (exact) mass is 491 g/mol. The maximum atomic E-state index is 12.5. The largest absolute Gasteiger partial charge is 0.497 e. The van der Waals surface area contributed by atoms with E-state index in [1.165, 1.54) is 20.4 Å². The number of amides is 2. The summed E-state index contributed by atoms with van der Waals surface area (Å²) in [6, 6.07) is 17.9. The van der Waals surface area contributed by atoms with Gasteiger partial charge in [0, 0.05) is 0 Å². The van der Waals surface area contributed by atoms with Gasteiger partial charge in [-0.25, -0.2) is 10.2 Å². The number of anilines is 1. The molecule has 0 aliphatic carbocycles. The van der Waals surface area contributed by atoms with Gasteiger partial charge in [0.25, 0.3) is 0 Å². The van der Waals surface area contributed by atoms with E-state index < -0.39 is 17.8 Å². The van der Waals surface area contributed by atoms with Crippen LogP contribution in [0.25, 0.3) is 0 Å². The number of nitrogens with one attached hydrogen (secondary N) is 2. The van der Waals surface area contributed by atoms with Crippen molar-refractivity contribution in [1.82, 2.24) is 5.43 Å². The second-order valence-electron chi connectivity index (χ2n) is 7.11. The Morgan fingerprint density at radius 2 is 1.61 bits per heavy atom. The number of hydrazone groups is 1. The summed E-state index contributed by atoms with van der Waals surface area (Å²) in [5.41, 5.74) is 3.39. The van der Waals surface area contributed by atoms with Gasteiger partial charge in [-0.3, -0.25) is 9.59 Å². The minimum Gasteiger partial charge on any atom is -0.497 e. The topological polar surface area (TPSA) is 125 Å². The van der Waals surface area contributed by atoms with Gasteiger partial charge < -0.3 is 24.3 Å². The van der Waals surface area contributed by atoms with Crippen LogP contribution in [0, 0.1) is 0 Å². The molecule has 3 aromatic rings. The molecule has 0 spiro atoms. The van der Waals surface area contributed by atoms with Gasteiger partial charge in [-0.15, -0.1) is 0 Å². The average molecular weight is 492 g/mol. The van der Waals surface area contributed by atoms with Gasteiger partial charge in [-0.2, -0.15) is 5.10 Å². The summed E-state index contributed by atoms with van der Waals surface area (Å²) in [7, 11) is 2.99. The van der Waals surface area contributed by atoms with Crippen LogP contribution in [0.3, 0.4) is 0 Å². The molecule has 10 nitrogen and oxygen atoms in total. The molecule has 2 amide bonds. The summed E-state index contributed by atoms with van der Waals surface area (Å²) in [6.45, 7) is 2.12. The van der Waals surface area contributed by atoms with Crippen molar-refractivity contribution in [3.8, 4) is 23.0 Å². The van der Waals surface area contributed by atoms with Crippen LogP contribution in [-0.4, -0.2) is 44.8 Å². The minimum absolute atomic E-state index is 0.218. The van der Waals surface area contributed by atoms with Crippen molar-refractivity contribution >= 4 is 29.7 Å². The predicted molar refractivity (Wildman–Crippen MR) is 133 cm³/mol. The van der Waals surface area contributed by atoms with Crippen LogP contribution >= 0.6 is 0 Å². The van der Waals surface area contributed by atoms with Crippen LogP contribution in [-0.2, 0) is 9.59 Å². The molecule has 10 heteroatoms. The van der Waals surface area contributed by atoms with E-state index in [2.05, 4.69) is 15.8 Å². The highest BCUT2D eigenvalue weighted by atomic mass is 16.6. The summed E-state index contributed by atoms with van der Waals surface area (Å²) in [4.78, 5) is 36.7. The molecule has 0 aliphatic rings. The van der Waals surface area contributed by atoms with Crippen molar-refractivity contribution in [2.75, 3.05) is 26.1 Å². The average Bonchev–Trinajstić information content (AvgIpc) is 2.90. The zero-order valence-electron chi connectivity index (χ0n) is 19.9. The van der Waals surface area contributed by atoms with Crippen molar-refractivity contribution in [1.29, 1.82) is 0 Å². The molecule has 0 saturated heterocycles. The van der Waals surface area contributed by atoms with Crippen LogP contribution in [0.1, 0.15) is 22.8 Å². The van der Waals surface area contributed by atoms with Gasteiger partial charge in [0.15, 0.2) is 11.5 Å². The Hall–Kier alpha value is -4.86. The van der Waals surface area contributed by atoms with E-state index in [9.17, 15) is 14.4 Å². The third-order valence-electron chi connectivity index (χ3n) is 4.74. The van der Waals surface area contributed by atoms with Crippen molar-refractivity contribution in [2.24, 2.45) is 5.10 Å². The Labute approximate surface area is 207 Å². The van der Waals surface area contributed by atoms with E-state index in [4.69, 9.17) is 18.9 Å². The molecule has 0 bridgehead atoms. The molecule has 36 heavy (non-hydrogen) atoms. The van der Waals surface area contributed by atoms with E-state index in [0.29, 0.717) is 40.7 Å². The molecule has 3 rings (SSSR count). The van der Waals surface area contributed by atoms with Gasteiger partial charge in [0.05, 0.1) is 38.3 Å². The number of hydrogen-bond donors (Lipinski definition) is 2. The fourth-order valence-electron chi connectivity index (χ4n) is 2.99. The van der Waals surface area contributed by atoms with Crippen molar-refractivity contribution in [3.63, 3.8) is 0 Å². The third-order valence-corrected chi connectivity index (χ3v) is 4.74. The number of hydrogen-bond acceptors (Lipinski definition) is 8. The first kappa shape index (κ1) is 25.8. The molecule has 0 aromatic heterocycles. The third kappa shape index (κ3) is 6.83. The standard InChI is InChI=1S/C26H25N3O7/c1-4-35-23-15-17(9-14-22(23)36-26(32)18-10-12-19(33-2)13-11-18)16-27-29-25(31)24(30)28-20-7-5-6-8-21(20)34-3/h5-16H,4H2,1-3H3,(H,28,30)(H,29,31)/b27-16-. The van der Waals surface area contributed by atoms with E-state index in [0.717, 1.165) is 0 Å². The van der Waals surface area contributed by atoms with E-state index >= 15 is 0 Å². The zero-order chi connectivity index (χ0) is 25.9. The number of benzene rings is 3. The second-order valence-corrected chi connectivity index (χ2v) is 7.11. The Morgan fingerprint density at radius 1 is 0.861 bits per heavy atom. The second kappa shape index (κ2) is 12.6. The first-order valence-corrected chi connectivity index (χ1v) is 10.9. The highest BCUT2D eigenvalue weighted by Gasteiger charge is 2.16. The zero-order valence-corrected chi connectivity index (χ0v) is 19.9. The maximum absolute atomic E-state index is 12.5. The molecule has 0 heterocycles. The van der Waals surface area contributed by atoms with Gasteiger partial charge in [-0.05, 0) is 67.1 Å². The number of carbonyl (C=O) groups excluding carboxylic acids is 3. The molecule has 0 radical (unpaired) electrons. The highest BCUT2D eigenvalue weighted by Crippen LogP contribution is 2.29.